The predicted molar refractivity (Wildman–Crippen MR) is 123 cm³/mol. The Morgan fingerprint density at radius 2 is 2.09 bits per heavy atom. The fraction of sp³-hybridized carbons (Fsp3) is 0.522. The number of primary amides is 1. The molecule has 1 fully saturated rings. The molecule has 2 atom stereocenters. The van der Waals surface area contributed by atoms with Crippen LogP contribution in [0.4, 0.5) is 26.1 Å². The minimum absolute atomic E-state index is 0.00754. The van der Waals surface area contributed by atoms with Crippen molar-refractivity contribution in [1.82, 2.24) is 19.8 Å². The molecule has 2 aromatic rings. The van der Waals surface area contributed by atoms with Crippen molar-refractivity contribution in [3.63, 3.8) is 0 Å². The SMILES string of the molecule is CNC1C([N+](C)(C)c2cnc(C(N)=O)c(Nc3ccc4c(c3)COCC4)n2)CCCC1(F)F. The molecule has 1 aromatic heterocycles. The molecule has 33 heavy (non-hydrogen) atoms. The van der Waals surface area contributed by atoms with Gasteiger partial charge in [0.1, 0.15) is 18.3 Å². The Morgan fingerprint density at radius 1 is 1.30 bits per heavy atom. The molecule has 0 bridgehead atoms. The summed E-state index contributed by atoms with van der Waals surface area (Å²) < 4.78 is 34.9. The molecule has 1 aliphatic carbocycles. The predicted octanol–water partition coefficient (Wildman–Crippen LogP) is 2.73. The Hall–Kier alpha value is -2.69. The standard InChI is InChI=1S/C23H30F2N6O2/c1-27-20-17(5-4-9-23(20,24)25)31(2,3)18-12-28-19(21(26)32)22(30-18)29-16-7-6-14-8-10-33-13-15(14)11-16/h6-7,11-12,17,20,27H,4-5,8-10,13H2,1-3H3,(H2-,26,29,30,32)/p+1. The van der Waals surface area contributed by atoms with Crippen LogP contribution < -0.4 is 20.9 Å². The number of anilines is 2. The van der Waals surface area contributed by atoms with Crippen molar-refractivity contribution < 1.29 is 18.3 Å². The summed E-state index contributed by atoms with van der Waals surface area (Å²) in [6.07, 6.45) is 3.19. The second kappa shape index (κ2) is 8.92. The number of quaternary nitrogens is 1. The van der Waals surface area contributed by atoms with Crippen LogP contribution in [0.15, 0.2) is 24.4 Å². The van der Waals surface area contributed by atoms with Gasteiger partial charge in [-0.3, -0.25) is 9.28 Å². The van der Waals surface area contributed by atoms with Crippen LogP contribution in [0.3, 0.4) is 0 Å². The van der Waals surface area contributed by atoms with Crippen molar-refractivity contribution in [1.29, 1.82) is 0 Å². The maximum absolute atomic E-state index is 14.6. The second-order valence-electron chi connectivity index (χ2n) is 9.23. The molecule has 8 nitrogen and oxygen atoms in total. The van der Waals surface area contributed by atoms with Gasteiger partial charge in [-0.1, -0.05) is 6.07 Å². The number of carbonyl (C=O) groups is 1. The van der Waals surface area contributed by atoms with E-state index in [1.807, 2.05) is 32.3 Å². The number of fused-ring (bicyclic) bond motifs is 1. The Morgan fingerprint density at radius 3 is 2.82 bits per heavy atom. The highest BCUT2D eigenvalue weighted by molar-refractivity contribution is 5.96. The molecule has 2 unspecified atom stereocenters. The highest BCUT2D eigenvalue weighted by atomic mass is 19.3. The molecule has 4 N–H and O–H groups in total. The number of nitrogens with zero attached hydrogens (tertiary/aromatic N) is 3. The molecule has 2 heterocycles. The first kappa shape index (κ1) is 23.5. The number of ether oxygens (including phenoxy) is 1. The van der Waals surface area contributed by atoms with Crippen LogP contribution in [0, 0.1) is 0 Å². The van der Waals surface area contributed by atoms with Gasteiger partial charge in [-0.25, -0.2) is 13.8 Å². The summed E-state index contributed by atoms with van der Waals surface area (Å²) in [4.78, 5) is 21.0. The van der Waals surface area contributed by atoms with Crippen LogP contribution in [-0.2, 0) is 17.8 Å². The summed E-state index contributed by atoms with van der Waals surface area (Å²) in [6, 6.07) is 4.44. The lowest BCUT2D eigenvalue weighted by Crippen LogP contribution is -2.66. The second-order valence-corrected chi connectivity index (χ2v) is 9.23. The Bertz CT molecular complexity index is 1050. The summed E-state index contributed by atoms with van der Waals surface area (Å²) >= 11 is 0. The van der Waals surface area contributed by atoms with E-state index in [4.69, 9.17) is 10.5 Å². The van der Waals surface area contributed by atoms with Gasteiger partial charge in [0.2, 0.25) is 5.82 Å². The third kappa shape index (κ3) is 4.55. The van der Waals surface area contributed by atoms with Crippen molar-refractivity contribution in [3.8, 4) is 0 Å². The van der Waals surface area contributed by atoms with Gasteiger partial charge in [-0.15, -0.1) is 0 Å². The third-order valence-corrected chi connectivity index (χ3v) is 6.82. The molecule has 1 aromatic carbocycles. The van der Waals surface area contributed by atoms with Gasteiger partial charge in [0.25, 0.3) is 11.8 Å². The van der Waals surface area contributed by atoms with E-state index in [9.17, 15) is 13.6 Å². The van der Waals surface area contributed by atoms with Crippen molar-refractivity contribution in [3.05, 3.63) is 41.2 Å². The number of aromatic nitrogens is 2. The van der Waals surface area contributed by atoms with Crippen LogP contribution in [0.1, 0.15) is 40.9 Å². The zero-order valence-electron chi connectivity index (χ0n) is 19.2. The first-order chi connectivity index (χ1) is 15.6. The van der Waals surface area contributed by atoms with Crippen molar-refractivity contribution in [2.45, 2.75) is 50.3 Å². The molecule has 1 aliphatic heterocycles. The maximum Gasteiger partial charge on any atom is 0.271 e. The smallest absolute Gasteiger partial charge is 0.271 e. The molecule has 0 radical (unpaired) electrons. The molecule has 4 rings (SSSR count). The molecule has 0 spiro atoms. The highest BCUT2D eigenvalue weighted by Gasteiger charge is 2.53. The van der Waals surface area contributed by atoms with E-state index in [1.165, 1.54) is 11.8 Å². The maximum atomic E-state index is 14.6. The molecular formula is C23H31F2N6O2+. The lowest BCUT2D eigenvalue weighted by Gasteiger charge is -2.45. The van der Waals surface area contributed by atoms with E-state index in [0.717, 1.165) is 17.7 Å². The van der Waals surface area contributed by atoms with Gasteiger partial charge in [0.05, 0.1) is 27.3 Å². The van der Waals surface area contributed by atoms with E-state index in [2.05, 4.69) is 20.6 Å². The van der Waals surface area contributed by atoms with Gasteiger partial charge in [-0.05, 0) is 43.1 Å². The van der Waals surface area contributed by atoms with Gasteiger partial charge < -0.3 is 21.1 Å². The number of rotatable bonds is 6. The number of benzene rings is 1. The molecular weight excluding hydrogens is 430 g/mol. The van der Waals surface area contributed by atoms with E-state index in [0.29, 0.717) is 31.9 Å². The van der Waals surface area contributed by atoms with E-state index in [-0.39, 0.29) is 22.4 Å². The number of amides is 1. The lowest BCUT2D eigenvalue weighted by molar-refractivity contribution is -0.0860. The van der Waals surface area contributed by atoms with Crippen molar-refractivity contribution >= 4 is 23.2 Å². The largest absolute Gasteiger partial charge is 0.376 e. The zero-order valence-corrected chi connectivity index (χ0v) is 19.2. The van der Waals surface area contributed by atoms with Gasteiger partial charge >= 0.3 is 0 Å². The lowest BCUT2D eigenvalue weighted by atomic mass is 9.85. The normalized spacial score (nSPS) is 22.5. The van der Waals surface area contributed by atoms with Crippen LogP contribution in [0.5, 0.6) is 0 Å². The van der Waals surface area contributed by atoms with Crippen LogP contribution in [-0.4, -0.2) is 61.6 Å². The third-order valence-electron chi connectivity index (χ3n) is 6.82. The monoisotopic (exact) mass is 461 g/mol. The average molecular weight is 462 g/mol. The fourth-order valence-electron chi connectivity index (χ4n) is 4.93. The first-order valence-corrected chi connectivity index (χ1v) is 11.2. The molecule has 0 saturated heterocycles. The quantitative estimate of drug-likeness (QED) is 0.572. The van der Waals surface area contributed by atoms with Gasteiger partial charge in [-0.2, -0.15) is 4.98 Å². The summed E-state index contributed by atoms with van der Waals surface area (Å²) in [5.74, 6) is -2.88. The van der Waals surface area contributed by atoms with E-state index < -0.39 is 23.9 Å². The number of alkyl halides is 2. The molecule has 1 saturated carbocycles. The summed E-state index contributed by atoms with van der Waals surface area (Å²) in [5, 5.41) is 5.97. The summed E-state index contributed by atoms with van der Waals surface area (Å²) in [6.45, 7) is 1.21. The Labute approximate surface area is 192 Å². The Balaban J connectivity index is 1.69. The van der Waals surface area contributed by atoms with E-state index in [1.54, 1.807) is 7.05 Å². The first-order valence-electron chi connectivity index (χ1n) is 11.2. The number of likely N-dealkylation sites (N-methyl/N-ethyl adjacent to an activating group) is 2. The number of nitrogens with two attached hydrogens (primary N) is 1. The molecule has 10 heteroatoms. The number of hydrogen-bond donors (Lipinski definition) is 3. The number of hydrogen-bond acceptors (Lipinski definition) is 6. The zero-order chi connectivity index (χ0) is 23.8. The minimum Gasteiger partial charge on any atom is -0.376 e. The summed E-state index contributed by atoms with van der Waals surface area (Å²) in [5.41, 5.74) is 8.54. The minimum atomic E-state index is -2.82. The van der Waals surface area contributed by atoms with Crippen LogP contribution in [0.25, 0.3) is 0 Å². The highest BCUT2D eigenvalue weighted by Crippen LogP contribution is 2.39. The topological polar surface area (TPSA) is 102 Å². The van der Waals surface area contributed by atoms with Crippen molar-refractivity contribution in [2.75, 3.05) is 33.1 Å². The van der Waals surface area contributed by atoms with Gasteiger partial charge in [0, 0.05) is 18.5 Å². The van der Waals surface area contributed by atoms with Crippen molar-refractivity contribution in [2.24, 2.45) is 5.73 Å². The molecule has 1 amide bonds. The Kier molecular flexibility index (Phi) is 6.35. The average Bonchev–Trinajstić information content (AvgIpc) is 2.78. The van der Waals surface area contributed by atoms with Crippen LogP contribution in [0.2, 0.25) is 0 Å². The summed E-state index contributed by atoms with van der Waals surface area (Å²) in [7, 11) is 5.24. The number of nitrogens with one attached hydrogen (secondary N) is 2. The molecule has 178 valence electrons. The number of carbonyl (C=O) groups excluding carboxylic acids is 1. The van der Waals surface area contributed by atoms with Gasteiger partial charge in [0.15, 0.2) is 11.5 Å². The van der Waals surface area contributed by atoms with E-state index >= 15 is 0 Å². The van der Waals surface area contributed by atoms with Crippen LogP contribution >= 0.6 is 0 Å². The fourth-order valence-corrected chi connectivity index (χ4v) is 4.93. The number of halogens is 2. The molecule has 2 aliphatic rings.